The van der Waals surface area contributed by atoms with Crippen molar-refractivity contribution in [3.05, 3.63) is 33.8 Å². The summed E-state index contributed by atoms with van der Waals surface area (Å²) >= 11 is 11.9. The van der Waals surface area contributed by atoms with E-state index in [0.29, 0.717) is 28.8 Å². The Morgan fingerprint density at radius 1 is 1.43 bits per heavy atom. The Morgan fingerprint density at radius 3 is 2.76 bits per heavy atom. The van der Waals surface area contributed by atoms with Crippen molar-refractivity contribution in [1.29, 1.82) is 0 Å². The van der Waals surface area contributed by atoms with Crippen LogP contribution in [0.4, 0.5) is 0 Å². The van der Waals surface area contributed by atoms with Crippen molar-refractivity contribution in [1.82, 2.24) is 4.90 Å². The van der Waals surface area contributed by atoms with Crippen molar-refractivity contribution < 1.29 is 14.3 Å². The molecule has 1 aromatic carbocycles. The molecule has 2 atom stereocenters. The summed E-state index contributed by atoms with van der Waals surface area (Å²) < 4.78 is 5.25. The summed E-state index contributed by atoms with van der Waals surface area (Å²) in [5.41, 5.74) is 5.75. The van der Waals surface area contributed by atoms with Gasteiger partial charge in [-0.05, 0) is 25.1 Å². The van der Waals surface area contributed by atoms with Gasteiger partial charge in [0.15, 0.2) is 5.78 Å². The number of carbonyl (C=O) groups is 2. The molecule has 0 saturated carbocycles. The number of halogens is 2. The van der Waals surface area contributed by atoms with Gasteiger partial charge < -0.3 is 10.5 Å². The van der Waals surface area contributed by atoms with E-state index in [1.807, 2.05) is 0 Å². The molecule has 5 nitrogen and oxygen atoms in total. The molecule has 0 radical (unpaired) electrons. The number of benzene rings is 1. The topological polar surface area (TPSA) is 72.6 Å². The zero-order chi connectivity index (χ0) is 15.6. The van der Waals surface area contributed by atoms with Crippen molar-refractivity contribution in [3.63, 3.8) is 0 Å². The number of amides is 1. The lowest BCUT2D eigenvalue weighted by Gasteiger charge is -2.37. The molecule has 1 aromatic rings. The molecule has 1 fully saturated rings. The highest BCUT2D eigenvalue weighted by Gasteiger charge is 2.34. The molecule has 2 unspecified atom stereocenters. The highest BCUT2D eigenvalue weighted by Crippen LogP contribution is 2.24. The summed E-state index contributed by atoms with van der Waals surface area (Å²) in [7, 11) is 0. The van der Waals surface area contributed by atoms with Crippen molar-refractivity contribution in [2.45, 2.75) is 19.0 Å². The number of nitrogens with zero attached hydrogens (tertiary/aromatic N) is 1. The number of morpholine rings is 1. The second-order valence-electron chi connectivity index (χ2n) is 4.90. The molecular weight excluding hydrogens is 315 g/mol. The smallest absolute Gasteiger partial charge is 0.237 e. The summed E-state index contributed by atoms with van der Waals surface area (Å²) in [6, 6.07) is 3.59. The molecule has 1 amide bonds. The van der Waals surface area contributed by atoms with Gasteiger partial charge in [-0.15, -0.1) is 0 Å². The second kappa shape index (κ2) is 6.75. The van der Waals surface area contributed by atoms with E-state index < -0.39 is 18.0 Å². The van der Waals surface area contributed by atoms with Gasteiger partial charge in [0, 0.05) is 17.1 Å². The Balaban J connectivity index is 2.23. The van der Waals surface area contributed by atoms with E-state index in [1.54, 1.807) is 24.0 Å². The van der Waals surface area contributed by atoms with E-state index in [4.69, 9.17) is 33.7 Å². The summed E-state index contributed by atoms with van der Waals surface area (Å²) in [5, 5.41) is 0.758. The van der Waals surface area contributed by atoms with Crippen LogP contribution < -0.4 is 5.73 Å². The van der Waals surface area contributed by atoms with Crippen LogP contribution in [0.25, 0.3) is 0 Å². The third-order valence-corrected chi connectivity index (χ3v) is 4.12. The van der Waals surface area contributed by atoms with E-state index >= 15 is 0 Å². The largest absolute Gasteiger partial charge is 0.378 e. The van der Waals surface area contributed by atoms with Crippen LogP contribution in [0.3, 0.4) is 0 Å². The lowest BCUT2D eigenvalue weighted by molar-refractivity contribution is -0.130. The molecule has 2 rings (SSSR count). The number of ether oxygens (including phenoxy) is 1. The fourth-order valence-electron chi connectivity index (χ4n) is 2.39. The number of ketones is 1. The van der Waals surface area contributed by atoms with E-state index in [2.05, 4.69) is 0 Å². The van der Waals surface area contributed by atoms with Gasteiger partial charge in [0.2, 0.25) is 5.91 Å². The first-order chi connectivity index (χ1) is 9.91. The lowest BCUT2D eigenvalue weighted by Crippen LogP contribution is -2.57. The normalized spacial score (nSPS) is 21.0. The van der Waals surface area contributed by atoms with Crippen LogP contribution in [0.1, 0.15) is 17.3 Å². The van der Waals surface area contributed by atoms with Crippen LogP contribution in [0.15, 0.2) is 18.2 Å². The van der Waals surface area contributed by atoms with Gasteiger partial charge in [-0.2, -0.15) is 0 Å². The highest BCUT2D eigenvalue weighted by atomic mass is 35.5. The van der Waals surface area contributed by atoms with Crippen LogP contribution >= 0.6 is 23.2 Å². The van der Waals surface area contributed by atoms with Crippen molar-refractivity contribution in [2.75, 3.05) is 19.8 Å². The van der Waals surface area contributed by atoms with Gasteiger partial charge >= 0.3 is 0 Å². The number of rotatable bonds is 4. The average Bonchev–Trinajstić information content (AvgIpc) is 2.45. The third-order valence-electron chi connectivity index (χ3n) is 3.57. The minimum absolute atomic E-state index is 0.176. The molecule has 0 bridgehead atoms. The SMILES string of the molecule is CC(C(=O)c1ccc(Cl)cc1Cl)N1CCOCC1C(N)=O. The number of Topliss-reactive ketones (excluding diaryl/α,β-unsaturated/α-hetero) is 1. The predicted molar refractivity (Wildman–Crippen MR) is 80.8 cm³/mol. The number of carbonyl (C=O) groups excluding carboxylic acids is 2. The molecular formula is C14H16Cl2N2O3. The van der Waals surface area contributed by atoms with Crippen LogP contribution in [-0.2, 0) is 9.53 Å². The standard InChI is InChI=1S/C14H16Cl2N2O3/c1-8(18-4-5-21-7-12(18)14(17)20)13(19)10-3-2-9(15)6-11(10)16/h2-3,6,8,12H,4-5,7H2,1H3,(H2,17,20). The maximum absolute atomic E-state index is 12.6. The first kappa shape index (κ1) is 16.2. The maximum Gasteiger partial charge on any atom is 0.237 e. The van der Waals surface area contributed by atoms with Gasteiger partial charge in [-0.25, -0.2) is 0 Å². The molecule has 0 spiro atoms. The molecule has 0 aliphatic carbocycles. The number of primary amides is 1. The Hall–Kier alpha value is -1.14. The lowest BCUT2D eigenvalue weighted by atomic mass is 10.0. The monoisotopic (exact) mass is 330 g/mol. The first-order valence-electron chi connectivity index (χ1n) is 6.54. The molecule has 0 aromatic heterocycles. The predicted octanol–water partition coefficient (Wildman–Crippen LogP) is 1.75. The summed E-state index contributed by atoms with van der Waals surface area (Å²) in [5.74, 6) is -0.679. The Labute approximate surface area is 132 Å². The van der Waals surface area contributed by atoms with Gasteiger partial charge in [-0.3, -0.25) is 14.5 Å². The highest BCUT2D eigenvalue weighted by molar-refractivity contribution is 6.37. The van der Waals surface area contributed by atoms with E-state index in [1.165, 1.54) is 6.07 Å². The molecule has 1 aliphatic heterocycles. The minimum Gasteiger partial charge on any atom is -0.378 e. The minimum atomic E-state index is -0.608. The number of hydrogen-bond acceptors (Lipinski definition) is 4. The van der Waals surface area contributed by atoms with E-state index in [9.17, 15) is 9.59 Å². The van der Waals surface area contributed by atoms with Crippen molar-refractivity contribution in [3.8, 4) is 0 Å². The molecule has 1 heterocycles. The molecule has 1 saturated heterocycles. The number of hydrogen-bond donors (Lipinski definition) is 1. The van der Waals surface area contributed by atoms with E-state index in [0.717, 1.165) is 0 Å². The van der Waals surface area contributed by atoms with Crippen LogP contribution in [0.5, 0.6) is 0 Å². The summed E-state index contributed by atoms with van der Waals surface area (Å²) in [6.45, 7) is 2.84. The summed E-state index contributed by atoms with van der Waals surface area (Å²) in [6.07, 6.45) is 0. The first-order valence-corrected chi connectivity index (χ1v) is 7.29. The van der Waals surface area contributed by atoms with Crippen LogP contribution in [0.2, 0.25) is 10.0 Å². The zero-order valence-corrected chi connectivity index (χ0v) is 13.0. The van der Waals surface area contributed by atoms with Crippen molar-refractivity contribution >= 4 is 34.9 Å². The van der Waals surface area contributed by atoms with Gasteiger partial charge in [0.25, 0.3) is 0 Å². The second-order valence-corrected chi connectivity index (χ2v) is 5.74. The Morgan fingerprint density at radius 2 is 2.14 bits per heavy atom. The molecule has 7 heteroatoms. The molecule has 114 valence electrons. The molecule has 21 heavy (non-hydrogen) atoms. The zero-order valence-electron chi connectivity index (χ0n) is 11.5. The Bertz CT molecular complexity index is 565. The maximum atomic E-state index is 12.6. The van der Waals surface area contributed by atoms with Crippen molar-refractivity contribution in [2.24, 2.45) is 5.73 Å². The van der Waals surface area contributed by atoms with Crippen LogP contribution in [-0.4, -0.2) is 48.4 Å². The fourth-order valence-corrected chi connectivity index (χ4v) is 2.89. The van der Waals surface area contributed by atoms with Crippen LogP contribution in [0, 0.1) is 0 Å². The average molecular weight is 331 g/mol. The molecule has 2 N–H and O–H groups in total. The van der Waals surface area contributed by atoms with E-state index in [-0.39, 0.29) is 12.4 Å². The van der Waals surface area contributed by atoms with Gasteiger partial charge in [0.1, 0.15) is 6.04 Å². The third kappa shape index (κ3) is 3.55. The summed E-state index contributed by atoms with van der Waals surface area (Å²) in [4.78, 5) is 25.8. The van der Waals surface area contributed by atoms with Gasteiger partial charge in [0.05, 0.1) is 24.3 Å². The number of nitrogens with two attached hydrogens (primary N) is 1. The fraction of sp³-hybridized carbons (Fsp3) is 0.429. The molecule has 1 aliphatic rings. The van der Waals surface area contributed by atoms with Gasteiger partial charge in [-0.1, -0.05) is 23.2 Å². The Kier molecular flexibility index (Phi) is 5.22. The quantitative estimate of drug-likeness (QED) is 0.853.